The third kappa shape index (κ3) is 3.58. The summed E-state index contributed by atoms with van der Waals surface area (Å²) in [6.45, 7) is 3.61. The molecule has 0 aromatic carbocycles. The summed E-state index contributed by atoms with van der Waals surface area (Å²) in [6, 6.07) is 3.67. The normalized spacial score (nSPS) is 17.5. The van der Waals surface area contributed by atoms with E-state index in [1.165, 1.54) is 12.1 Å². The highest BCUT2D eigenvalue weighted by Crippen LogP contribution is 2.30. The number of aryl methyl sites for hydroxylation is 2. The summed E-state index contributed by atoms with van der Waals surface area (Å²) in [6.07, 6.45) is -1.88. The molecule has 7 nitrogen and oxygen atoms in total. The van der Waals surface area contributed by atoms with Crippen LogP contribution in [-0.2, 0) is 13.2 Å². The lowest BCUT2D eigenvalue weighted by Gasteiger charge is -2.19. The minimum absolute atomic E-state index is 0.0131. The van der Waals surface area contributed by atoms with Crippen LogP contribution in [0.3, 0.4) is 0 Å². The van der Waals surface area contributed by atoms with Gasteiger partial charge in [-0.05, 0) is 19.4 Å². The van der Waals surface area contributed by atoms with Gasteiger partial charge in [-0.2, -0.15) is 18.3 Å². The standard InChI is InChI=1S/C18H19F3N6O/c1-11-23-16-13(8-22-26(16)2)17(24-11)27-7-6-12(9-27)10-28-15-5-3-4-14(25-15)18(19,20)21/h3-5,8,12H,6-7,9-10H2,1-2H3. The van der Waals surface area contributed by atoms with E-state index >= 15 is 0 Å². The third-order valence-corrected chi connectivity index (χ3v) is 4.75. The molecule has 10 heteroatoms. The zero-order valence-corrected chi connectivity index (χ0v) is 15.4. The second-order valence-electron chi connectivity index (χ2n) is 6.87. The molecule has 0 saturated carbocycles. The maximum absolute atomic E-state index is 12.8. The Bertz CT molecular complexity index is 1000. The van der Waals surface area contributed by atoms with Crippen LogP contribution in [0.2, 0.25) is 0 Å². The van der Waals surface area contributed by atoms with Gasteiger partial charge in [0.2, 0.25) is 5.88 Å². The van der Waals surface area contributed by atoms with Crippen molar-refractivity contribution >= 4 is 16.9 Å². The summed E-state index contributed by atoms with van der Waals surface area (Å²) < 4.78 is 45.5. The quantitative estimate of drug-likeness (QED) is 0.680. The molecule has 4 rings (SSSR count). The lowest BCUT2D eigenvalue weighted by molar-refractivity contribution is -0.141. The molecule has 3 aromatic rings. The summed E-state index contributed by atoms with van der Waals surface area (Å²) in [7, 11) is 1.83. The zero-order chi connectivity index (χ0) is 19.9. The van der Waals surface area contributed by atoms with E-state index in [0.717, 1.165) is 35.9 Å². The number of hydrogen-bond donors (Lipinski definition) is 0. The van der Waals surface area contributed by atoms with Gasteiger partial charge in [0.15, 0.2) is 5.65 Å². The van der Waals surface area contributed by atoms with Crippen LogP contribution in [-0.4, -0.2) is 44.4 Å². The number of aromatic nitrogens is 5. The molecule has 1 aliphatic rings. The molecule has 1 fully saturated rings. The summed E-state index contributed by atoms with van der Waals surface area (Å²) in [5.74, 6) is 1.65. The number of anilines is 1. The van der Waals surface area contributed by atoms with Gasteiger partial charge >= 0.3 is 6.18 Å². The van der Waals surface area contributed by atoms with E-state index < -0.39 is 11.9 Å². The van der Waals surface area contributed by atoms with Crippen molar-refractivity contribution in [3.63, 3.8) is 0 Å². The molecular weight excluding hydrogens is 373 g/mol. The summed E-state index contributed by atoms with van der Waals surface area (Å²) in [5.41, 5.74) is -0.177. The summed E-state index contributed by atoms with van der Waals surface area (Å²) in [5, 5.41) is 5.14. The molecule has 0 aliphatic carbocycles. The van der Waals surface area contributed by atoms with Gasteiger partial charge in [-0.1, -0.05) is 6.07 Å². The first-order valence-electron chi connectivity index (χ1n) is 8.89. The van der Waals surface area contributed by atoms with Crippen LogP contribution in [0.15, 0.2) is 24.4 Å². The van der Waals surface area contributed by atoms with Crippen LogP contribution in [0.5, 0.6) is 5.88 Å². The predicted molar refractivity (Wildman–Crippen MR) is 96.1 cm³/mol. The fourth-order valence-corrected chi connectivity index (χ4v) is 3.37. The summed E-state index contributed by atoms with van der Waals surface area (Å²) >= 11 is 0. The predicted octanol–water partition coefficient (Wildman–Crippen LogP) is 2.99. The van der Waals surface area contributed by atoms with Crippen molar-refractivity contribution < 1.29 is 17.9 Å². The Balaban J connectivity index is 1.44. The minimum atomic E-state index is -4.48. The minimum Gasteiger partial charge on any atom is -0.477 e. The SMILES string of the molecule is Cc1nc(N2CCC(COc3cccc(C(F)(F)F)n3)C2)c2cnn(C)c2n1. The highest BCUT2D eigenvalue weighted by atomic mass is 19.4. The number of rotatable bonds is 4. The Morgan fingerprint density at radius 2 is 2.04 bits per heavy atom. The lowest BCUT2D eigenvalue weighted by Crippen LogP contribution is -2.23. The smallest absolute Gasteiger partial charge is 0.433 e. The van der Waals surface area contributed by atoms with Crippen molar-refractivity contribution in [3.05, 3.63) is 35.9 Å². The van der Waals surface area contributed by atoms with Gasteiger partial charge in [0.25, 0.3) is 0 Å². The van der Waals surface area contributed by atoms with E-state index in [0.29, 0.717) is 19.0 Å². The number of halogens is 3. The number of ether oxygens (including phenoxy) is 1. The molecule has 0 radical (unpaired) electrons. The number of pyridine rings is 1. The van der Waals surface area contributed by atoms with Crippen LogP contribution < -0.4 is 9.64 Å². The Morgan fingerprint density at radius 1 is 1.21 bits per heavy atom. The van der Waals surface area contributed by atoms with E-state index in [2.05, 4.69) is 25.0 Å². The average Bonchev–Trinajstić information content (AvgIpc) is 3.26. The van der Waals surface area contributed by atoms with Crippen molar-refractivity contribution in [3.8, 4) is 5.88 Å². The molecule has 1 atom stereocenters. The van der Waals surface area contributed by atoms with Gasteiger partial charge in [-0.3, -0.25) is 4.68 Å². The molecule has 0 bridgehead atoms. The fraction of sp³-hybridized carbons (Fsp3) is 0.444. The Labute approximate surface area is 159 Å². The monoisotopic (exact) mass is 392 g/mol. The molecule has 4 heterocycles. The largest absolute Gasteiger partial charge is 0.477 e. The lowest BCUT2D eigenvalue weighted by atomic mass is 10.1. The highest BCUT2D eigenvalue weighted by molar-refractivity contribution is 5.87. The number of fused-ring (bicyclic) bond motifs is 1. The first-order chi connectivity index (χ1) is 13.3. The molecule has 1 aliphatic heterocycles. The van der Waals surface area contributed by atoms with Crippen molar-refractivity contribution in [1.82, 2.24) is 24.7 Å². The molecular formula is C18H19F3N6O. The second kappa shape index (κ2) is 6.92. The van der Waals surface area contributed by atoms with E-state index in [-0.39, 0.29) is 11.8 Å². The maximum Gasteiger partial charge on any atom is 0.433 e. The van der Waals surface area contributed by atoms with Crippen molar-refractivity contribution in [1.29, 1.82) is 0 Å². The van der Waals surface area contributed by atoms with Gasteiger partial charge in [-0.25, -0.2) is 15.0 Å². The average molecular weight is 392 g/mol. The first-order valence-corrected chi connectivity index (χ1v) is 8.89. The van der Waals surface area contributed by atoms with E-state index in [9.17, 15) is 13.2 Å². The number of alkyl halides is 3. The van der Waals surface area contributed by atoms with Crippen molar-refractivity contribution in [2.45, 2.75) is 19.5 Å². The van der Waals surface area contributed by atoms with Crippen LogP contribution in [0.25, 0.3) is 11.0 Å². The topological polar surface area (TPSA) is 69.0 Å². The molecule has 1 saturated heterocycles. The van der Waals surface area contributed by atoms with E-state index in [1.54, 1.807) is 10.9 Å². The zero-order valence-electron chi connectivity index (χ0n) is 15.4. The summed E-state index contributed by atoms with van der Waals surface area (Å²) in [4.78, 5) is 14.7. The third-order valence-electron chi connectivity index (χ3n) is 4.75. The van der Waals surface area contributed by atoms with Crippen LogP contribution >= 0.6 is 0 Å². The molecule has 0 spiro atoms. The van der Waals surface area contributed by atoms with Gasteiger partial charge in [0, 0.05) is 32.1 Å². The van der Waals surface area contributed by atoms with Gasteiger partial charge in [-0.15, -0.1) is 0 Å². The fourth-order valence-electron chi connectivity index (χ4n) is 3.37. The maximum atomic E-state index is 12.8. The number of hydrogen-bond acceptors (Lipinski definition) is 6. The van der Waals surface area contributed by atoms with E-state index in [1.807, 2.05) is 14.0 Å². The van der Waals surface area contributed by atoms with Gasteiger partial charge in [0.1, 0.15) is 17.3 Å². The molecule has 0 amide bonds. The molecule has 0 N–H and O–H groups in total. The molecule has 148 valence electrons. The van der Waals surface area contributed by atoms with Crippen LogP contribution in [0, 0.1) is 12.8 Å². The second-order valence-corrected chi connectivity index (χ2v) is 6.87. The Hall–Kier alpha value is -2.91. The highest BCUT2D eigenvalue weighted by Gasteiger charge is 2.33. The molecule has 1 unspecified atom stereocenters. The van der Waals surface area contributed by atoms with Crippen LogP contribution in [0.1, 0.15) is 17.9 Å². The van der Waals surface area contributed by atoms with Crippen molar-refractivity contribution in [2.24, 2.45) is 13.0 Å². The first kappa shape index (κ1) is 18.5. The van der Waals surface area contributed by atoms with Crippen LogP contribution in [0.4, 0.5) is 19.0 Å². The van der Waals surface area contributed by atoms with Gasteiger partial charge < -0.3 is 9.64 Å². The Morgan fingerprint density at radius 3 is 2.82 bits per heavy atom. The van der Waals surface area contributed by atoms with Gasteiger partial charge in [0.05, 0.1) is 18.2 Å². The molecule has 28 heavy (non-hydrogen) atoms. The van der Waals surface area contributed by atoms with Crippen molar-refractivity contribution in [2.75, 3.05) is 24.6 Å². The molecule has 3 aromatic heterocycles. The van der Waals surface area contributed by atoms with E-state index in [4.69, 9.17) is 4.74 Å². The number of nitrogens with zero attached hydrogens (tertiary/aromatic N) is 6. The Kier molecular flexibility index (Phi) is 4.56.